The van der Waals surface area contributed by atoms with Gasteiger partial charge < -0.3 is 10.7 Å². The van der Waals surface area contributed by atoms with Crippen LogP contribution in [0.3, 0.4) is 0 Å². The first-order valence-corrected chi connectivity index (χ1v) is 4.37. The van der Waals surface area contributed by atoms with Crippen molar-refractivity contribution in [2.24, 2.45) is 5.73 Å². The minimum Gasteiger partial charge on any atom is -0.367 e. The minimum absolute atomic E-state index is 0.460. The van der Waals surface area contributed by atoms with Gasteiger partial charge in [-0.25, -0.2) is 0 Å². The van der Waals surface area contributed by atoms with E-state index < -0.39 is 0 Å². The van der Waals surface area contributed by atoms with Crippen LogP contribution in [0.4, 0.5) is 0 Å². The third-order valence-electron chi connectivity index (χ3n) is 1.49. The molecule has 0 amide bonds. The molecule has 0 radical (unpaired) electrons. The van der Waals surface area contributed by atoms with Gasteiger partial charge in [0.25, 0.3) is 0 Å². The molecular formula is C7H8N4S. The Bertz CT molecular complexity index is 351. The molecule has 0 atom stereocenters. The molecule has 2 rings (SSSR count). The van der Waals surface area contributed by atoms with Crippen LogP contribution in [-0.2, 0) is 6.54 Å². The van der Waals surface area contributed by atoms with Crippen LogP contribution in [-0.4, -0.2) is 15.2 Å². The molecule has 0 aliphatic rings. The molecule has 3 N–H and O–H groups in total. The summed E-state index contributed by atoms with van der Waals surface area (Å²) in [5.41, 5.74) is 6.48. The van der Waals surface area contributed by atoms with E-state index in [2.05, 4.69) is 15.2 Å². The predicted molar refractivity (Wildman–Crippen MR) is 47.6 cm³/mol. The lowest BCUT2D eigenvalue weighted by molar-refractivity contribution is 0.960. The van der Waals surface area contributed by atoms with Crippen molar-refractivity contribution in [2.45, 2.75) is 6.54 Å². The third-order valence-corrected chi connectivity index (χ3v) is 2.48. The Balaban J connectivity index is 2.35. The molecule has 0 fully saturated rings. The number of nitrogens with two attached hydrogens (primary N) is 1. The Hall–Kier alpha value is -1.20. The molecule has 0 aliphatic carbocycles. The van der Waals surface area contributed by atoms with E-state index in [9.17, 15) is 0 Å². The Kier molecular flexibility index (Phi) is 1.89. The topological polar surface area (TPSA) is 67.6 Å². The lowest BCUT2D eigenvalue weighted by Crippen LogP contribution is -1.94. The average Bonchev–Trinajstić information content (AvgIpc) is 2.75. The molecule has 0 bridgehead atoms. The highest BCUT2D eigenvalue weighted by atomic mass is 32.1. The maximum absolute atomic E-state index is 5.42. The van der Waals surface area contributed by atoms with Crippen molar-refractivity contribution < 1.29 is 0 Å². The first kappa shape index (κ1) is 7.45. The summed E-state index contributed by atoms with van der Waals surface area (Å²) in [4.78, 5) is 2.96. The Morgan fingerprint density at radius 2 is 2.42 bits per heavy atom. The first-order chi connectivity index (χ1) is 5.90. The molecule has 2 heterocycles. The van der Waals surface area contributed by atoms with Crippen molar-refractivity contribution in [3.63, 3.8) is 0 Å². The summed E-state index contributed by atoms with van der Waals surface area (Å²) in [6.45, 7) is 0.460. The van der Waals surface area contributed by atoms with E-state index in [1.807, 2.05) is 18.5 Å². The largest absolute Gasteiger partial charge is 0.367 e. The molecule has 62 valence electrons. The molecule has 0 unspecified atom stereocenters. The van der Waals surface area contributed by atoms with E-state index in [1.54, 1.807) is 0 Å². The third kappa shape index (κ3) is 1.24. The molecule has 4 nitrogen and oxygen atoms in total. The molecule has 5 heteroatoms. The molecule has 0 saturated heterocycles. The molecule has 12 heavy (non-hydrogen) atoms. The molecule has 0 saturated carbocycles. The van der Waals surface area contributed by atoms with E-state index >= 15 is 0 Å². The quantitative estimate of drug-likeness (QED) is 0.724. The number of H-pyrrole nitrogens is 1. The van der Waals surface area contributed by atoms with Crippen LogP contribution in [0.5, 0.6) is 0 Å². The van der Waals surface area contributed by atoms with Crippen molar-refractivity contribution in [2.75, 3.05) is 0 Å². The van der Waals surface area contributed by atoms with Gasteiger partial charge >= 0.3 is 0 Å². The van der Waals surface area contributed by atoms with Crippen molar-refractivity contribution in [1.82, 2.24) is 15.2 Å². The van der Waals surface area contributed by atoms with Gasteiger partial charge in [0.1, 0.15) is 10.0 Å². The average molecular weight is 180 g/mol. The van der Waals surface area contributed by atoms with Crippen LogP contribution in [0.2, 0.25) is 0 Å². The summed E-state index contributed by atoms with van der Waals surface area (Å²) in [5.74, 6) is 0. The Labute approximate surface area is 73.5 Å². The number of aromatic amines is 1. The second-order valence-corrected chi connectivity index (χ2v) is 3.37. The maximum atomic E-state index is 5.42. The van der Waals surface area contributed by atoms with E-state index in [0.717, 1.165) is 15.6 Å². The van der Waals surface area contributed by atoms with Crippen LogP contribution in [0, 0.1) is 0 Å². The van der Waals surface area contributed by atoms with E-state index in [-0.39, 0.29) is 0 Å². The normalized spacial score (nSPS) is 10.4. The fourth-order valence-corrected chi connectivity index (χ4v) is 1.62. The number of hydrogen-bond donors (Lipinski definition) is 2. The van der Waals surface area contributed by atoms with Gasteiger partial charge in [0.2, 0.25) is 0 Å². The van der Waals surface area contributed by atoms with E-state index in [1.165, 1.54) is 11.3 Å². The Morgan fingerprint density at radius 1 is 1.50 bits per heavy atom. The second kappa shape index (κ2) is 3.04. The van der Waals surface area contributed by atoms with Gasteiger partial charge in [-0.05, 0) is 6.07 Å². The van der Waals surface area contributed by atoms with Crippen molar-refractivity contribution >= 4 is 11.3 Å². The first-order valence-electron chi connectivity index (χ1n) is 3.56. The van der Waals surface area contributed by atoms with Gasteiger partial charge in [0, 0.05) is 24.5 Å². The van der Waals surface area contributed by atoms with Gasteiger partial charge in [0.05, 0.1) is 0 Å². The summed E-state index contributed by atoms with van der Waals surface area (Å²) in [6, 6.07) is 1.96. The smallest absolute Gasteiger partial charge is 0.149 e. The maximum Gasteiger partial charge on any atom is 0.149 e. The van der Waals surface area contributed by atoms with E-state index in [0.29, 0.717) is 6.54 Å². The predicted octanol–water partition coefficient (Wildman–Crippen LogP) is 0.992. The monoisotopic (exact) mass is 180 g/mol. The van der Waals surface area contributed by atoms with Crippen LogP contribution in [0.25, 0.3) is 10.6 Å². The minimum atomic E-state index is 0.460. The number of rotatable bonds is 2. The Morgan fingerprint density at radius 3 is 3.00 bits per heavy atom. The zero-order valence-corrected chi connectivity index (χ0v) is 7.14. The fraction of sp³-hybridized carbons (Fsp3) is 0.143. The van der Waals surface area contributed by atoms with Gasteiger partial charge in [-0.15, -0.1) is 10.2 Å². The molecule has 0 aliphatic heterocycles. The summed E-state index contributed by atoms with van der Waals surface area (Å²) in [5, 5.41) is 9.70. The summed E-state index contributed by atoms with van der Waals surface area (Å²) in [6.07, 6.45) is 3.75. The molecular weight excluding hydrogens is 172 g/mol. The molecule has 0 aromatic carbocycles. The zero-order chi connectivity index (χ0) is 8.39. The lowest BCUT2D eigenvalue weighted by atomic mass is 10.4. The van der Waals surface area contributed by atoms with Crippen molar-refractivity contribution in [3.8, 4) is 10.6 Å². The number of aromatic nitrogens is 3. The molecule has 0 spiro atoms. The van der Waals surface area contributed by atoms with Crippen LogP contribution >= 0.6 is 11.3 Å². The summed E-state index contributed by atoms with van der Waals surface area (Å²) >= 11 is 1.52. The SMILES string of the molecule is NCc1nnc(-c2cc[nH]c2)s1. The highest BCUT2D eigenvalue weighted by molar-refractivity contribution is 7.14. The number of hydrogen-bond acceptors (Lipinski definition) is 4. The lowest BCUT2D eigenvalue weighted by Gasteiger charge is -1.83. The van der Waals surface area contributed by atoms with Gasteiger partial charge in [0.15, 0.2) is 0 Å². The van der Waals surface area contributed by atoms with Gasteiger partial charge in [-0.2, -0.15) is 0 Å². The zero-order valence-electron chi connectivity index (χ0n) is 6.32. The van der Waals surface area contributed by atoms with Gasteiger partial charge in [-0.3, -0.25) is 0 Å². The highest BCUT2D eigenvalue weighted by Crippen LogP contribution is 2.21. The number of nitrogens with zero attached hydrogens (tertiary/aromatic N) is 2. The van der Waals surface area contributed by atoms with Crippen LogP contribution < -0.4 is 5.73 Å². The second-order valence-electron chi connectivity index (χ2n) is 2.30. The van der Waals surface area contributed by atoms with E-state index in [4.69, 9.17) is 5.73 Å². The van der Waals surface area contributed by atoms with Crippen molar-refractivity contribution in [1.29, 1.82) is 0 Å². The van der Waals surface area contributed by atoms with Crippen molar-refractivity contribution in [3.05, 3.63) is 23.5 Å². The summed E-state index contributed by atoms with van der Waals surface area (Å²) in [7, 11) is 0. The molecule has 2 aromatic heterocycles. The van der Waals surface area contributed by atoms with Crippen LogP contribution in [0.1, 0.15) is 5.01 Å². The highest BCUT2D eigenvalue weighted by Gasteiger charge is 2.04. The molecule has 2 aromatic rings. The number of nitrogens with one attached hydrogen (secondary N) is 1. The van der Waals surface area contributed by atoms with Gasteiger partial charge in [-0.1, -0.05) is 11.3 Å². The fourth-order valence-electron chi connectivity index (χ4n) is 0.910. The standard InChI is InChI=1S/C7H8N4S/c8-3-6-10-11-7(12-6)5-1-2-9-4-5/h1-2,4,9H,3,8H2. The summed E-state index contributed by atoms with van der Waals surface area (Å²) < 4.78 is 0. The van der Waals surface area contributed by atoms with Crippen LogP contribution in [0.15, 0.2) is 18.5 Å².